The quantitative estimate of drug-likeness (QED) is 0.815. The van der Waals surface area contributed by atoms with Crippen LogP contribution in [0.5, 0.6) is 11.5 Å². The lowest BCUT2D eigenvalue weighted by atomic mass is 9.70. The van der Waals surface area contributed by atoms with Gasteiger partial charge in [0, 0.05) is 12.2 Å². The standard InChI is InChI=1S/C18H21NO/c1-18(12-5-13-18)14-19-15-8-10-17(11-9-15)20-16-6-3-2-4-7-16/h2-4,6-11,19H,5,12-14H2,1H3. The second-order valence-electron chi connectivity index (χ2n) is 5.96. The van der Waals surface area contributed by atoms with Crippen molar-refractivity contribution in [3.8, 4) is 11.5 Å². The van der Waals surface area contributed by atoms with E-state index in [-0.39, 0.29) is 0 Å². The smallest absolute Gasteiger partial charge is 0.127 e. The molecule has 1 aliphatic rings. The summed E-state index contributed by atoms with van der Waals surface area (Å²) in [5, 5.41) is 3.52. The van der Waals surface area contributed by atoms with Crippen molar-refractivity contribution in [2.45, 2.75) is 26.2 Å². The summed E-state index contributed by atoms with van der Waals surface area (Å²) < 4.78 is 5.78. The maximum atomic E-state index is 5.78. The molecule has 0 bridgehead atoms. The van der Waals surface area contributed by atoms with Crippen molar-refractivity contribution in [3.63, 3.8) is 0 Å². The van der Waals surface area contributed by atoms with E-state index in [9.17, 15) is 0 Å². The van der Waals surface area contributed by atoms with Gasteiger partial charge in [-0.3, -0.25) is 0 Å². The summed E-state index contributed by atoms with van der Waals surface area (Å²) in [7, 11) is 0. The monoisotopic (exact) mass is 267 g/mol. The summed E-state index contributed by atoms with van der Waals surface area (Å²) in [5.74, 6) is 1.74. The van der Waals surface area contributed by atoms with Crippen molar-refractivity contribution >= 4 is 5.69 Å². The zero-order valence-corrected chi connectivity index (χ0v) is 11.9. The third-order valence-electron chi connectivity index (χ3n) is 4.11. The van der Waals surface area contributed by atoms with Crippen LogP contribution >= 0.6 is 0 Å². The van der Waals surface area contributed by atoms with Crippen molar-refractivity contribution in [3.05, 3.63) is 54.6 Å². The number of hydrogen-bond acceptors (Lipinski definition) is 2. The minimum absolute atomic E-state index is 0.499. The number of benzene rings is 2. The molecule has 0 atom stereocenters. The predicted octanol–water partition coefficient (Wildman–Crippen LogP) is 5.08. The zero-order chi connectivity index (χ0) is 13.8. The van der Waals surface area contributed by atoms with E-state index < -0.39 is 0 Å². The van der Waals surface area contributed by atoms with Gasteiger partial charge in [-0.25, -0.2) is 0 Å². The fourth-order valence-corrected chi connectivity index (χ4v) is 2.54. The van der Waals surface area contributed by atoms with Crippen LogP contribution in [-0.4, -0.2) is 6.54 Å². The number of rotatable bonds is 5. The van der Waals surface area contributed by atoms with Crippen LogP contribution in [0.25, 0.3) is 0 Å². The average Bonchev–Trinajstić information content (AvgIpc) is 2.46. The summed E-state index contributed by atoms with van der Waals surface area (Å²) in [6.07, 6.45) is 4.06. The number of hydrogen-bond donors (Lipinski definition) is 1. The maximum Gasteiger partial charge on any atom is 0.127 e. The van der Waals surface area contributed by atoms with Gasteiger partial charge in [0.2, 0.25) is 0 Å². The Morgan fingerprint density at radius 1 is 0.950 bits per heavy atom. The molecule has 2 aromatic rings. The largest absolute Gasteiger partial charge is 0.457 e. The highest BCUT2D eigenvalue weighted by Crippen LogP contribution is 2.40. The van der Waals surface area contributed by atoms with Gasteiger partial charge in [-0.2, -0.15) is 0 Å². The van der Waals surface area contributed by atoms with Crippen LogP contribution in [0.3, 0.4) is 0 Å². The number of nitrogens with one attached hydrogen (secondary N) is 1. The number of ether oxygens (including phenoxy) is 1. The van der Waals surface area contributed by atoms with Crippen LogP contribution in [0.2, 0.25) is 0 Å². The first kappa shape index (κ1) is 13.0. The Hall–Kier alpha value is -1.96. The molecule has 2 aromatic carbocycles. The first-order valence-corrected chi connectivity index (χ1v) is 7.30. The molecule has 1 fully saturated rings. The fourth-order valence-electron chi connectivity index (χ4n) is 2.54. The molecule has 0 unspecified atom stereocenters. The molecule has 0 heterocycles. The minimum atomic E-state index is 0.499. The molecule has 1 N–H and O–H groups in total. The normalized spacial score (nSPS) is 16.2. The molecule has 1 aliphatic carbocycles. The van der Waals surface area contributed by atoms with E-state index in [0.717, 1.165) is 18.0 Å². The van der Waals surface area contributed by atoms with Crippen molar-refractivity contribution in [2.24, 2.45) is 5.41 Å². The molecule has 20 heavy (non-hydrogen) atoms. The molecular weight excluding hydrogens is 246 g/mol. The van der Waals surface area contributed by atoms with Gasteiger partial charge in [-0.1, -0.05) is 31.5 Å². The zero-order valence-electron chi connectivity index (χ0n) is 11.9. The highest BCUT2D eigenvalue weighted by Gasteiger charge is 2.31. The number of para-hydroxylation sites is 1. The topological polar surface area (TPSA) is 21.3 Å². The van der Waals surface area contributed by atoms with Gasteiger partial charge in [0.05, 0.1) is 0 Å². The van der Waals surface area contributed by atoms with E-state index >= 15 is 0 Å². The second kappa shape index (κ2) is 5.58. The van der Waals surface area contributed by atoms with Crippen molar-refractivity contribution < 1.29 is 4.74 Å². The molecule has 2 heteroatoms. The average molecular weight is 267 g/mol. The van der Waals surface area contributed by atoms with Crippen LogP contribution in [0.15, 0.2) is 54.6 Å². The van der Waals surface area contributed by atoms with E-state index in [1.807, 2.05) is 42.5 Å². The lowest BCUT2D eigenvalue weighted by Gasteiger charge is -2.38. The molecule has 3 rings (SSSR count). The van der Waals surface area contributed by atoms with E-state index in [1.165, 1.54) is 24.9 Å². The van der Waals surface area contributed by atoms with Gasteiger partial charge in [0.25, 0.3) is 0 Å². The highest BCUT2D eigenvalue weighted by atomic mass is 16.5. The summed E-state index contributed by atoms with van der Waals surface area (Å²) >= 11 is 0. The molecule has 0 aromatic heterocycles. The van der Waals surface area contributed by atoms with Gasteiger partial charge in [-0.15, -0.1) is 0 Å². The molecular formula is C18H21NO. The molecule has 0 amide bonds. The summed E-state index contributed by atoms with van der Waals surface area (Å²) in [6.45, 7) is 3.42. The predicted molar refractivity (Wildman–Crippen MR) is 83.4 cm³/mol. The molecule has 1 saturated carbocycles. The Labute approximate surface area is 120 Å². The van der Waals surface area contributed by atoms with Crippen molar-refractivity contribution in [1.29, 1.82) is 0 Å². The molecule has 0 radical (unpaired) electrons. The SMILES string of the molecule is CC1(CNc2ccc(Oc3ccccc3)cc2)CCC1. The number of anilines is 1. The van der Waals surface area contributed by atoms with Gasteiger partial charge in [0.1, 0.15) is 11.5 Å². The van der Waals surface area contributed by atoms with E-state index in [1.54, 1.807) is 0 Å². The molecule has 0 aliphatic heterocycles. The van der Waals surface area contributed by atoms with Crippen molar-refractivity contribution in [2.75, 3.05) is 11.9 Å². The van der Waals surface area contributed by atoms with Gasteiger partial charge in [-0.05, 0) is 54.7 Å². The van der Waals surface area contributed by atoms with Crippen LogP contribution < -0.4 is 10.1 Å². The van der Waals surface area contributed by atoms with Crippen LogP contribution in [0, 0.1) is 5.41 Å². The van der Waals surface area contributed by atoms with Crippen LogP contribution in [-0.2, 0) is 0 Å². The Kier molecular flexibility index (Phi) is 3.64. The van der Waals surface area contributed by atoms with Crippen molar-refractivity contribution in [1.82, 2.24) is 0 Å². The van der Waals surface area contributed by atoms with Crippen LogP contribution in [0.1, 0.15) is 26.2 Å². The molecule has 0 spiro atoms. The van der Waals surface area contributed by atoms with Gasteiger partial charge < -0.3 is 10.1 Å². The Bertz CT molecular complexity index is 543. The van der Waals surface area contributed by atoms with Crippen LogP contribution in [0.4, 0.5) is 5.69 Å². The first-order chi connectivity index (χ1) is 9.73. The third kappa shape index (κ3) is 3.13. The van der Waals surface area contributed by atoms with E-state index in [2.05, 4.69) is 24.4 Å². The molecule has 0 saturated heterocycles. The first-order valence-electron chi connectivity index (χ1n) is 7.30. The Balaban J connectivity index is 1.57. The third-order valence-corrected chi connectivity index (χ3v) is 4.11. The van der Waals surface area contributed by atoms with E-state index in [0.29, 0.717) is 5.41 Å². The fraction of sp³-hybridized carbons (Fsp3) is 0.333. The lowest BCUT2D eigenvalue weighted by Crippen LogP contribution is -2.33. The molecule has 104 valence electrons. The summed E-state index contributed by atoms with van der Waals surface area (Å²) in [5.41, 5.74) is 1.66. The summed E-state index contributed by atoms with van der Waals surface area (Å²) in [4.78, 5) is 0. The lowest BCUT2D eigenvalue weighted by molar-refractivity contribution is 0.180. The van der Waals surface area contributed by atoms with E-state index in [4.69, 9.17) is 4.74 Å². The minimum Gasteiger partial charge on any atom is -0.457 e. The Morgan fingerprint density at radius 2 is 1.60 bits per heavy atom. The maximum absolute atomic E-state index is 5.78. The second-order valence-corrected chi connectivity index (χ2v) is 5.96. The van der Waals surface area contributed by atoms with Gasteiger partial charge in [0.15, 0.2) is 0 Å². The van der Waals surface area contributed by atoms with Gasteiger partial charge >= 0.3 is 0 Å². The summed E-state index contributed by atoms with van der Waals surface area (Å²) in [6, 6.07) is 18.1. The highest BCUT2D eigenvalue weighted by molar-refractivity contribution is 5.47. The Morgan fingerprint density at radius 3 is 2.20 bits per heavy atom. The molecule has 2 nitrogen and oxygen atoms in total.